The predicted molar refractivity (Wildman–Crippen MR) is 108 cm³/mol. The van der Waals surface area contributed by atoms with Crippen LogP contribution in [0.4, 0.5) is 4.79 Å². The first-order chi connectivity index (χ1) is 12.3. The summed E-state index contributed by atoms with van der Waals surface area (Å²) in [6, 6.07) is 0.764. The number of rotatable bonds is 8. The van der Waals surface area contributed by atoms with Gasteiger partial charge in [0.05, 0.1) is 0 Å². The average molecular weight is 370 g/mol. The van der Waals surface area contributed by atoms with E-state index in [4.69, 9.17) is 4.74 Å². The maximum absolute atomic E-state index is 11.6. The zero-order chi connectivity index (χ0) is 19.4. The number of carbonyl (C=O) groups excluding carboxylic acids is 1. The van der Waals surface area contributed by atoms with Gasteiger partial charge in [0, 0.05) is 32.7 Å². The van der Waals surface area contributed by atoms with E-state index in [0.717, 1.165) is 31.5 Å². The largest absolute Gasteiger partial charge is 0.444 e. The Bertz CT molecular complexity index is 428. The zero-order valence-electron chi connectivity index (χ0n) is 17.4. The Morgan fingerprint density at radius 2 is 1.69 bits per heavy atom. The van der Waals surface area contributed by atoms with E-state index < -0.39 is 11.7 Å². The molecule has 1 aliphatic rings. The van der Waals surface area contributed by atoms with Crippen molar-refractivity contribution in [3.05, 3.63) is 0 Å². The van der Waals surface area contributed by atoms with Crippen LogP contribution in [0.15, 0.2) is 4.99 Å². The molecule has 3 N–H and O–H groups in total. The van der Waals surface area contributed by atoms with Crippen molar-refractivity contribution < 1.29 is 9.53 Å². The van der Waals surface area contributed by atoms with Crippen molar-refractivity contribution in [3.8, 4) is 0 Å². The second-order valence-electron chi connectivity index (χ2n) is 7.98. The molecule has 1 saturated carbocycles. The normalized spacial score (nSPS) is 16.5. The molecule has 7 nitrogen and oxygen atoms in total. The van der Waals surface area contributed by atoms with Gasteiger partial charge >= 0.3 is 6.09 Å². The van der Waals surface area contributed by atoms with Crippen molar-refractivity contribution in [2.24, 2.45) is 4.99 Å². The minimum Gasteiger partial charge on any atom is -0.444 e. The fourth-order valence-electron chi connectivity index (χ4n) is 3.12. The van der Waals surface area contributed by atoms with Crippen LogP contribution in [-0.2, 0) is 4.74 Å². The second kappa shape index (κ2) is 12.0. The Balaban J connectivity index is 2.08. The van der Waals surface area contributed by atoms with Crippen LogP contribution < -0.4 is 16.0 Å². The first kappa shape index (κ1) is 22.5. The maximum Gasteiger partial charge on any atom is 0.407 e. The molecule has 7 heteroatoms. The molecule has 1 fully saturated rings. The summed E-state index contributed by atoms with van der Waals surface area (Å²) < 4.78 is 5.19. The molecule has 0 heterocycles. The summed E-state index contributed by atoms with van der Waals surface area (Å²) in [5, 5.41) is 9.24. The summed E-state index contributed by atoms with van der Waals surface area (Å²) in [4.78, 5) is 18.3. The van der Waals surface area contributed by atoms with Crippen LogP contribution in [0.2, 0.25) is 0 Å². The number of carbonyl (C=O) groups is 1. The number of hydrogen-bond acceptors (Lipinski definition) is 4. The molecule has 26 heavy (non-hydrogen) atoms. The highest BCUT2D eigenvalue weighted by molar-refractivity contribution is 5.79. The van der Waals surface area contributed by atoms with Crippen LogP contribution in [0.3, 0.4) is 0 Å². The molecule has 0 aromatic carbocycles. The van der Waals surface area contributed by atoms with Crippen molar-refractivity contribution in [1.82, 2.24) is 20.9 Å². The molecule has 1 rings (SSSR count). The van der Waals surface area contributed by atoms with Gasteiger partial charge in [-0.1, -0.05) is 19.3 Å². The van der Waals surface area contributed by atoms with Crippen LogP contribution in [-0.4, -0.2) is 68.9 Å². The number of hydrogen-bond donors (Lipinski definition) is 3. The molecule has 0 radical (unpaired) electrons. The standard InChI is InChI=1S/C19H39N5O2/c1-19(2,3)26-18(25)23-14-13-22-17(20-4)21-12-9-15-24(5)16-10-7-6-8-11-16/h16H,6-15H2,1-5H3,(H,23,25)(H2,20,21,22). The number of nitrogens with zero attached hydrogens (tertiary/aromatic N) is 2. The molecule has 1 amide bonds. The molecular weight excluding hydrogens is 330 g/mol. The van der Waals surface area contributed by atoms with Crippen LogP contribution in [0.1, 0.15) is 59.3 Å². The van der Waals surface area contributed by atoms with E-state index in [1.165, 1.54) is 32.1 Å². The highest BCUT2D eigenvalue weighted by Gasteiger charge is 2.17. The van der Waals surface area contributed by atoms with Gasteiger partial charge in [-0.2, -0.15) is 0 Å². The molecule has 0 saturated heterocycles. The molecule has 1 aliphatic carbocycles. The van der Waals surface area contributed by atoms with Crippen molar-refractivity contribution in [2.45, 2.75) is 70.9 Å². The number of alkyl carbamates (subject to hydrolysis) is 1. The topological polar surface area (TPSA) is 78.0 Å². The Morgan fingerprint density at radius 3 is 2.31 bits per heavy atom. The Kier molecular flexibility index (Phi) is 10.4. The predicted octanol–water partition coefficient (Wildman–Crippen LogP) is 2.33. The number of ether oxygens (including phenoxy) is 1. The monoisotopic (exact) mass is 369 g/mol. The van der Waals surface area contributed by atoms with Gasteiger partial charge in [-0.3, -0.25) is 4.99 Å². The van der Waals surface area contributed by atoms with E-state index in [0.29, 0.717) is 13.1 Å². The van der Waals surface area contributed by atoms with Gasteiger partial charge in [-0.25, -0.2) is 4.79 Å². The van der Waals surface area contributed by atoms with Crippen molar-refractivity contribution >= 4 is 12.1 Å². The fourth-order valence-corrected chi connectivity index (χ4v) is 3.12. The summed E-state index contributed by atoms with van der Waals surface area (Å²) in [7, 11) is 4.00. The lowest BCUT2D eigenvalue weighted by Crippen LogP contribution is -2.43. The fraction of sp³-hybridized carbons (Fsp3) is 0.895. The Labute approximate surface area is 159 Å². The highest BCUT2D eigenvalue weighted by atomic mass is 16.6. The summed E-state index contributed by atoms with van der Waals surface area (Å²) in [5.74, 6) is 0.760. The molecule has 0 spiro atoms. The van der Waals surface area contributed by atoms with E-state index in [1.54, 1.807) is 7.05 Å². The van der Waals surface area contributed by atoms with E-state index in [1.807, 2.05) is 20.8 Å². The first-order valence-corrected chi connectivity index (χ1v) is 9.93. The van der Waals surface area contributed by atoms with Gasteiger partial charge in [0.2, 0.25) is 0 Å². The van der Waals surface area contributed by atoms with Crippen LogP contribution in [0, 0.1) is 0 Å². The zero-order valence-corrected chi connectivity index (χ0v) is 17.4. The Morgan fingerprint density at radius 1 is 1.08 bits per heavy atom. The second-order valence-corrected chi connectivity index (χ2v) is 7.98. The molecule has 0 aliphatic heterocycles. The van der Waals surface area contributed by atoms with E-state index in [2.05, 4.69) is 32.9 Å². The highest BCUT2D eigenvalue weighted by Crippen LogP contribution is 2.21. The molecule has 0 aromatic rings. The van der Waals surface area contributed by atoms with Gasteiger partial charge in [-0.05, 0) is 53.6 Å². The molecule has 0 atom stereocenters. The summed E-state index contributed by atoms with van der Waals surface area (Å²) in [6.07, 6.45) is 7.53. The summed E-state index contributed by atoms with van der Waals surface area (Å²) in [6.45, 7) is 8.62. The molecule has 0 aromatic heterocycles. The minimum absolute atomic E-state index is 0.395. The smallest absolute Gasteiger partial charge is 0.407 e. The molecule has 152 valence electrons. The number of nitrogens with one attached hydrogen (secondary N) is 3. The van der Waals surface area contributed by atoms with Crippen LogP contribution in [0.5, 0.6) is 0 Å². The van der Waals surface area contributed by atoms with Crippen molar-refractivity contribution in [1.29, 1.82) is 0 Å². The lowest BCUT2D eigenvalue weighted by Gasteiger charge is -2.31. The van der Waals surface area contributed by atoms with Crippen molar-refractivity contribution in [2.75, 3.05) is 40.3 Å². The van der Waals surface area contributed by atoms with E-state index >= 15 is 0 Å². The summed E-state index contributed by atoms with van der Waals surface area (Å²) in [5.41, 5.74) is -0.472. The lowest BCUT2D eigenvalue weighted by atomic mass is 9.94. The third-order valence-electron chi connectivity index (χ3n) is 4.49. The maximum atomic E-state index is 11.6. The lowest BCUT2D eigenvalue weighted by molar-refractivity contribution is 0.0529. The first-order valence-electron chi connectivity index (χ1n) is 9.93. The number of amides is 1. The van der Waals surface area contributed by atoms with Gasteiger partial charge in [0.15, 0.2) is 5.96 Å². The van der Waals surface area contributed by atoms with E-state index in [9.17, 15) is 4.79 Å². The SMILES string of the molecule is CN=C(NCCCN(C)C1CCCCC1)NCCNC(=O)OC(C)(C)C. The number of guanidine groups is 1. The minimum atomic E-state index is -0.472. The average Bonchev–Trinajstić information content (AvgIpc) is 2.59. The van der Waals surface area contributed by atoms with Gasteiger partial charge < -0.3 is 25.6 Å². The van der Waals surface area contributed by atoms with Gasteiger partial charge in [0.25, 0.3) is 0 Å². The van der Waals surface area contributed by atoms with Gasteiger partial charge in [0.1, 0.15) is 5.60 Å². The van der Waals surface area contributed by atoms with Crippen LogP contribution >= 0.6 is 0 Å². The van der Waals surface area contributed by atoms with Crippen LogP contribution in [0.25, 0.3) is 0 Å². The molecule has 0 bridgehead atoms. The molecule has 0 unspecified atom stereocenters. The van der Waals surface area contributed by atoms with Gasteiger partial charge in [-0.15, -0.1) is 0 Å². The van der Waals surface area contributed by atoms with Crippen molar-refractivity contribution in [3.63, 3.8) is 0 Å². The summed E-state index contributed by atoms with van der Waals surface area (Å²) >= 11 is 0. The third kappa shape index (κ3) is 10.5. The molecular formula is C19H39N5O2. The van der Waals surface area contributed by atoms with E-state index in [-0.39, 0.29) is 0 Å². The third-order valence-corrected chi connectivity index (χ3v) is 4.49. The Hall–Kier alpha value is -1.50. The number of aliphatic imine (C=N–C) groups is 1. The quantitative estimate of drug-likeness (QED) is 0.348.